The van der Waals surface area contributed by atoms with Gasteiger partial charge in [0.1, 0.15) is 10.6 Å². The van der Waals surface area contributed by atoms with Gasteiger partial charge in [-0.2, -0.15) is 4.37 Å². The minimum absolute atomic E-state index is 0.263. The molecule has 4 N–H and O–H groups in total. The third kappa shape index (κ3) is 2.69. The lowest BCUT2D eigenvalue weighted by atomic mass is 10.1. The van der Waals surface area contributed by atoms with Gasteiger partial charge in [-0.15, -0.1) is 0 Å². The van der Waals surface area contributed by atoms with Crippen molar-refractivity contribution in [3.63, 3.8) is 0 Å². The molecular weight excluding hydrogens is 236 g/mol. The SMILES string of the molecule is NC(=O)c1c(N)nsc1N1CCCCCCC1. The molecule has 5 nitrogen and oxygen atoms in total. The predicted octanol–water partition coefficient (Wildman–Crippen LogP) is 1.59. The van der Waals surface area contributed by atoms with E-state index in [4.69, 9.17) is 11.5 Å². The first kappa shape index (κ1) is 12.2. The van der Waals surface area contributed by atoms with Crippen molar-refractivity contribution in [1.82, 2.24) is 4.37 Å². The number of anilines is 2. The molecular formula is C11H18N4OS. The molecule has 0 atom stereocenters. The molecule has 1 aromatic heterocycles. The van der Waals surface area contributed by atoms with Crippen LogP contribution in [0.1, 0.15) is 42.5 Å². The number of nitrogens with zero attached hydrogens (tertiary/aromatic N) is 2. The van der Waals surface area contributed by atoms with E-state index in [0.717, 1.165) is 30.9 Å². The number of hydrogen-bond donors (Lipinski definition) is 2. The van der Waals surface area contributed by atoms with Crippen LogP contribution in [0.25, 0.3) is 0 Å². The van der Waals surface area contributed by atoms with Crippen LogP contribution < -0.4 is 16.4 Å². The standard InChI is InChI=1S/C11H18N4OS/c12-9-8(10(13)16)11(17-14-9)15-6-4-2-1-3-5-7-15/h1-7H2,(H2,12,14)(H2,13,16). The van der Waals surface area contributed by atoms with Crippen LogP contribution in [0.4, 0.5) is 10.8 Å². The number of rotatable bonds is 2. The normalized spacial score (nSPS) is 17.5. The number of nitrogen functional groups attached to an aromatic ring is 1. The van der Waals surface area contributed by atoms with Crippen LogP contribution in [0.15, 0.2) is 0 Å². The summed E-state index contributed by atoms with van der Waals surface area (Å²) in [6, 6.07) is 0. The fourth-order valence-electron chi connectivity index (χ4n) is 2.19. The Kier molecular flexibility index (Phi) is 3.83. The maximum absolute atomic E-state index is 11.4. The van der Waals surface area contributed by atoms with Gasteiger partial charge in [-0.25, -0.2) is 0 Å². The molecule has 2 heterocycles. The molecule has 0 bridgehead atoms. The monoisotopic (exact) mass is 254 g/mol. The van der Waals surface area contributed by atoms with Crippen LogP contribution in [0.2, 0.25) is 0 Å². The summed E-state index contributed by atoms with van der Waals surface area (Å²) in [5.41, 5.74) is 11.4. The van der Waals surface area contributed by atoms with Crippen LogP contribution in [0, 0.1) is 0 Å². The Morgan fingerprint density at radius 2 is 1.76 bits per heavy atom. The lowest BCUT2D eigenvalue weighted by molar-refractivity contribution is 0.100. The second kappa shape index (κ2) is 5.35. The number of carbonyl (C=O) groups is 1. The highest BCUT2D eigenvalue weighted by Crippen LogP contribution is 2.31. The molecule has 1 fully saturated rings. The predicted molar refractivity (Wildman–Crippen MR) is 70.3 cm³/mol. The lowest BCUT2D eigenvalue weighted by Gasteiger charge is -2.25. The minimum Gasteiger partial charge on any atom is -0.382 e. The van der Waals surface area contributed by atoms with Gasteiger partial charge < -0.3 is 16.4 Å². The van der Waals surface area contributed by atoms with Gasteiger partial charge in [0, 0.05) is 13.1 Å². The van der Waals surface area contributed by atoms with Gasteiger partial charge in [-0.05, 0) is 24.4 Å². The first-order chi connectivity index (χ1) is 8.20. The van der Waals surface area contributed by atoms with E-state index >= 15 is 0 Å². The molecule has 1 aliphatic heterocycles. The molecule has 0 spiro atoms. The summed E-state index contributed by atoms with van der Waals surface area (Å²) in [6.45, 7) is 1.92. The summed E-state index contributed by atoms with van der Waals surface area (Å²) in [5.74, 6) is -0.215. The van der Waals surface area contributed by atoms with Crippen molar-refractivity contribution in [3.8, 4) is 0 Å². The van der Waals surface area contributed by atoms with E-state index in [1.54, 1.807) is 0 Å². The van der Waals surface area contributed by atoms with E-state index in [1.807, 2.05) is 0 Å². The number of nitrogens with two attached hydrogens (primary N) is 2. The van der Waals surface area contributed by atoms with E-state index in [2.05, 4.69) is 9.27 Å². The Morgan fingerprint density at radius 3 is 2.35 bits per heavy atom. The smallest absolute Gasteiger partial charge is 0.255 e. The average molecular weight is 254 g/mol. The van der Waals surface area contributed by atoms with Crippen molar-refractivity contribution in [2.45, 2.75) is 32.1 Å². The van der Waals surface area contributed by atoms with Crippen LogP contribution in [0.3, 0.4) is 0 Å². The molecule has 94 valence electrons. The second-order valence-electron chi connectivity index (χ2n) is 4.37. The van der Waals surface area contributed by atoms with Crippen molar-refractivity contribution in [2.75, 3.05) is 23.7 Å². The average Bonchev–Trinajstić information content (AvgIpc) is 2.59. The summed E-state index contributed by atoms with van der Waals surface area (Å²) < 4.78 is 4.04. The van der Waals surface area contributed by atoms with Crippen LogP contribution in [0.5, 0.6) is 0 Å². The summed E-state index contributed by atoms with van der Waals surface area (Å²) in [4.78, 5) is 13.6. The van der Waals surface area contributed by atoms with Crippen LogP contribution in [-0.2, 0) is 0 Å². The highest BCUT2D eigenvalue weighted by molar-refractivity contribution is 7.11. The largest absolute Gasteiger partial charge is 0.382 e. The fraction of sp³-hybridized carbons (Fsp3) is 0.636. The Morgan fingerprint density at radius 1 is 1.18 bits per heavy atom. The van der Waals surface area contributed by atoms with Crippen molar-refractivity contribution >= 4 is 28.3 Å². The molecule has 0 aromatic carbocycles. The molecule has 1 amide bonds. The van der Waals surface area contributed by atoms with Crippen LogP contribution >= 0.6 is 11.5 Å². The van der Waals surface area contributed by atoms with Crippen molar-refractivity contribution in [2.24, 2.45) is 5.73 Å². The second-order valence-corrected chi connectivity index (χ2v) is 5.12. The summed E-state index contributed by atoms with van der Waals surface area (Å²) >= 11 is 1.28. The molecule has 6 heteroatoms. The maximum Gasteiger partial charge on any atom is 0.255 e. The number of amides is 1. The van der Waals surface area contributed by atoms with Gasteiger partial charge in [0.05, 0.1) is 0 Å². The highest BCUT2D eigenvalue weighted by Gasteiger charge is 2.21. The zero-order valence-corrected chi connectivity index (χ0v) is 10.6. The van der Waals surface area contributed by atoms with Gasteiger partial charge in [0.2, 0.25) is 0 Å². The Labute approximate surface area is 105 Å². The van der Waals surface area contributed by atoms with Gasteiger partial charge in [-0.3, -0.25) is 4.79 Å². The quantitative estimate of drug-likeness (QED) is 0.839. The molecule has 1 aliphatic rings. The van der Waals surface area contributed by atoms with Crippen molar-refractivity contribution in [3.05, 3.63) is 5.56 Å². The third-order valence-corrected chi connectivity index (χ3v) is 4.01. The van der Waals surface area contributed by atoms with Gasteiger partial charge in [-0.1, -0.05) is 19.3 Å². The van der Waals surface area contributed by atoms with Gasteiger partial charge >= 0.3 is 0 Å². The first-order valence-electron chi connectivity index (χ1n) is 6.00. The van der Waals surface area contributed by atoms with E-state index < -0.39 is 5.91 Å². The third-order valence-electron chi connectivity index (χ3n) is 3.09. The van der Waals surface area contributed by atoms with E-state index in [0.29, 0.717) is 5.56 Å². The number of aromatic nitrogens is 1. The maximum atomic E-state index is 11.4. The molecule has 2 rings (SSSR count). The van der Waals surface area contributed by atoms with Gasteiger partial charge in [0.25, 0.3) is 5.91 Å². The van der Waals surface area contributed by atoms with Gasteiger partial charge in [0.15, 0.2) is 5.82 Å². The molecule has 1 aromatic rings. The van der Waals surface area contributed by atoms with E-state index in [-0.39, 0.29) is 5.82 Å². The Hall–Kier alpha value is -1.30. The zero-order valence-electron chi connectivity index (χ0n) is 9.82. The minimum atomic E-state index is -0.478. The zero-order chi connectivity index (χ0) is 12.3. The number of primary amides is 1. The first-order valence-corrected chi connectivity index (χ1v) is 6.77. The number of hydrogen-bond acceptors (Lipinski definition) is 5. The summed E-state index contributed by atoms with van der Waals surface area (Å²) in [6.07, 6.45) is 6.10. The van der Waals surface area contributed by atoms with E-state index in [1.165, 1.54) is 30.8 Å². The van der Waals surface area contributed by atoms with Crippen molar-refractivity contribution < 1.29 is 4.79 Å². The molecule has 1 saturated heterocycles. The van der Waals surface area contributed by atoms with Crippen LogP contribution in [-0.4, -0.2) is 23.4 Å². The summed E-state index contributed by atoms with van der Waals surface area (Å²) in [7, 11) is 0. The topological polar surface area (TPSA) is 85.2 Å². The number of carbonyl (C=O) groups excluding carboxylic acids is 1. The van der Waals surface area contributed by atoms with Crippen molar-refractivity contribution in [1.29, 1.82) is 0 Å². The Bertz CT molecular complexity index is 396. The molecule has 0 unspecified atom stereocenters. The fourth-order valence-corrected chi connectivity index (χ4v) is 3.06. The highest BCUT2D eigenvalue weighted by atomic mass is 32.1. The summed E-state index contributed by atoms with van der Waals surface area (Å²) in [5, 5.41) is 0.844. The lowest BCUT2D eigenvalue weighted by Crippen LogP contribution is -2.28. The molecule has 0 saturated carbocycles. The molecule has 0 radical (unpaired) electrons. The molecule has 0 aliphatic carbocycles. The molecule has 17 heavy (non-hydrogen) atoms. The van der Waals surface area contributed by atoms with E-state index in [9.17, 15) is 4.79 Å². The Balaban J connectivity index is 2.22.